The van der Waals surface area contributed by atoms with E-state index in [0.29, 0.717) is 12.2 Å². The third-order valence-electron chi connectivity index (χ3n) is 2.98. The van der Waals surface area contributed by atoms with Gasteiger partial charge in [0.05, 0.1) is 17.5 Å². The number of benzene rings is 1. The molecule has 0 aliphatic rings. The van der Waals surface area contributed by atoms with Crippen LogP contribution in [0.4, 0.5) is 5.82 Å². The lowest BCUT2D eigenvalue weighted by atomic mass is 10.1. The van der Waals surface area contributed by atoms with Crippen molar-refractivity contribution in [1.29, 1.82) is 0 Å². The Morgan fingerprint density at radius 3 is 2.89 bits per heavy atom. The molecule has 0 bridgehead atoms. The van der Waals surface area contributed by atoms with Crippen LogP contribution in [-0.2, 0) is 4.79 Å². The maximum atomic E-state index is 11.1. The fourth-order valence-electron chi connectivity index (χ4n) is 1.94. The molecule has 1 atom stereocenters. The number of carboxylic acids is 1. The standard InChI is InChI=1S/C14H17N3O2/c1-2-3-7-12(14(18)19)17-13-10-6-4-5-8-11(10)15-9-16-13/h4-6,8-9,12H,2-3,7H2,1H3,(H,18,19)(H,15,16,17)/p-1/t12-/m0/s1. The maximum absolute atomic E-state index is 11.1. The minimum absolute atomic E-state index is 0.525. The number of fused-ring (bicyclic) bond motifs is 1. The predicted molar refractivity (Wildman–Crippen MR) is 71.5 cm³/mol. The number of hydrogen-bond donors (Lipinski definition) is 1. The number of nitrogens with zero attached hydrogens (tertiary/aromatic N) is 2. The van der Waals surface area contributed by atoms with E-state index in [1.165, 1.54) is 6.33 Å². The topological polar surface area (TPSA) is 77.9 Å². The molecule has 2 aromatic rings. The monoisotopic (exact) mass is 258 g/mol. The maximum Gasteiger partial charge on any atom is 0.137 e. The number of rotatable bonds is 6. The van der Waals surface area contributed by atoms with Gasteiger partial charge in [-0.05, 0) is 18.6 Å². The van der Waals surface area contributed by atoms with E-state index in [2.05, 4.69) is 15.3 Å². The fourth-order valence-corrected chi connectivity index (χ4v) is 1.94. The van der Waals surface area contributed by atoms with Gasteiger partial charge in [-0.25, -0.2) is 9.97 Å². The molecule has 0 spiro atoms. The molecule has 0 amide bonds. The van der Waals surface area contributed by atoms with Crippen molar-refractivity contribution < 1.29 is 9.90 Å². The van der Waals surface area contributed by atoms with Gasteiger partial charge in [-0.3, -0.25) is 0 Å². The van der Waals surface area contributed by atoms with Gasteiger partial charge in [-0.1, -0.05) is 31.9 Å². The van der Waals surface area contributed by atoms with Crippen LogP contribution in [0.3, 0.4) is 0 Å². The third kappa shape index (κ3) is 3.19. The summed E-state index contributed by atoms with van der Waals surface area (Å²) >= 11 is 0. The molecule has 5 nitrogen and oxygen atoms in total. The molecule has 0 aliphatic heterocycles. The van der Waals surface area contributed by atoms with Gasteiger partial charge in [0.25, 0.3) is 0 Å². The van der Waals surface area contributed by atoms with E-state index in [9.17, 15) is 9.90 Å². The van der Waals surface area contributed by atoms with Crippen molar-refractivity contribution in [1.82, 2.24) is 9.97 Å². The van der Waals surface area contributed by atoms with E-state index in [0.717, 1.165) is 23.7 Å². The second-order valence-corrected chi connectivity index (χ2v) is 4.40. The van der Waals surface area contributed by atoms with Crippen molar-refractivity contribution in [3.8, 4) is 0 Å². The summed E-state index contributed by atoms with van der Waals surface area (Å²) in [6.07, 6.45) is 3.72. The summed E-state index contributed by atoms with van der Waals surface area (Å²) in [5.74, 6) is -0.563. The summed E-state index contributed by atoms with van der Waals surface area (Å²) < 4.78 is 0. The largest absolute Gasteiger partial charge is 0.548 e. The van der Waals surface area contributed by atoms with Crippen molar-refractivity contribution in [3.05, 3.63) is 30.6 Å². The van der Waals surface area contributed by atoms with E-state index < -0.39 is 12.0 Å². The second-order valence-electron chi connectivity index (χ2n) is 4.40. The Hall–Kier alpha value is -2.17. The Kier molecular flexibility index (Phi) is 4.28. The zero-order chi connectivity index (χ0) is 13.7. The van der Waals surface area contributed by atoms with Gasteiger partial charge in [0, 0.05) is 5.39 Å². The number of anilines is 1. The Morgan fingerprint density at radius 1 is 1.37 bits per heavy atom. The van der Waals surface area contributed by atoms with Gasteiger partial charge in [0.15, 0.2) is 0 Å². The van der Waals surface area contributed by atoms with E-state index in [1.54, 1.807) is 0 Å². The molecule has 1 N–H and O–H groups in total. The smallest absolute Gasteiger partial charge is 0.137 e. The summed E-state index contributed by atoms with van der Waals surface area (Å²) in [6, 6.07) is 6.76. The zero-order valence-electron chi connectivity index (χ0n) is 10.8. The molecule has 5 heteroatoms. The molecular weight excluding hydrogens is 242 g/mol. The van der Waals surface area contributed by atoms with Crippen LogP contribution in [0.2, 0.25) is 0 Å². The van der Waals surface area contributed by atoms with Gasteiger partial charge < -0.3 is 15.2 Å². The van der Waals surface area contributed by atoms with Gasteiger partial charge in [-0.2, -0.15) is 0 Å². The molecule has 1 aromatic carbocycles. The second kappa shape index (κ2) is 6.13. The number of nitrogens with one attached hydrogen (secondary N) is 1. The molecule has 0 saturated heterocycles. The Balaban J connectivity index is 2.26. The number of carbonyl (C=O) groups excluding carboxylic acids is 1. The lowest BCUT2D eigenvalue weighted by Gasteiger charge is -2.20. The van der Waals surface area contributed by atoms with Gasteiger partial charge in [-0.15, -0.1) is 0 Å². The first-order valence-electron chi connectivity index (χ1n) is 6.39. The SMILES string of the molecule is CCCC[C@H](Nc1ncnc2ccccc12)C(=O)[O-]. The first-order chi connectivity index (χ1) is 9.22. The molecule has 2 rings (SSSR count). The molecule has 100 valence electrons. The minimum Gasteiger partial charge on any atom is -0.548 e. The van der Waals surface area contributed by atoms with Crippen LogP contribution in [0.5, 0.6) is 0 Å². The summed E-state index contributed by atoms with van der Waals surface area (Å²) in [5, 5.41) is 14.9. The summed E-state index contributed by atoms with van der Waals surface area (Å²) in [7, 11) is 0. The molecule has 0 unspecified atom stereocenters. The molecule has 1 heterocycles. The first kappa shape index (κ1) is 13.3. The third-order valence-corrected chi connectivity index (χ3v) is 2.98. The van der Waals surface area contributed by atoms with Crippen LogP contribution in [-0.4, -0.2) is 22.0 Å². The zero-order valence-corrected chi connectivity index (χ0v) is 10.8. The molecule has 0 saturated carbocycles. The minimum atomic E-state index is -1.10. The molecular formula is C14H16N3O2-. The van der Waals surface area contributed by atoms with Gasteiger partial charge in [0.2, 0.25) is 0 Å². The van der Waals surface area contributed by atoms with Crippen LogP contribution in [0, 0.1) is 0 Å². The highest BCUT2D eigenvalue weighted by Gasteiger charge is 2.12. The van der Waals surface area contributed by atoms with Crippen molar-refractivity contribution in [2.24, 2.45) is 0 Å². The van der Waals surface area contributed by atoms with E-state index >= 15 is 0 Å². The first-order valence-corrected chi connectivity index (χ1v) is 6.39. The highest BCUT2D eigenvalue weighted by molar-refractivity contribution is 5.90. The Labute approximate surface area is 111 Å². The van der Waals surface area contributed by atoms with Crippen LogP contribution >= 0.6 is 0 Å². The van der Waals surface area contributed by atoms with Gasteiger partial charge >= 0.3 is 0 Å². The average Bonchev–Trinajstić information content (AvgIpc) is 2.43. The molecule has 0 fully saturated rings. The molecule has 0 radical (unpaired) electrons. The summed E-state index contributed by atoms with van der Waals surface area (Å²) in [6.45, 7) is 2.02. The van der Waals surface area contributed by atoms with E-state index in [-0.39, 0.29) is 0 Å². The number of unbranched alkanes of at least 4 members (excludes halogenated alkanes) is 1. The van der Waals surface area contributed by atoms with Crippen molar-refractivity contribution in [3.63, 3.8) is 0 Å². The highest BCUT2D eigenvalue weighted by Crippen LogP contribution is 2.19. The molecule has 0 aliphatic carbocycles. The van der Waals surface area contributed by atoms with E-state index in [1.807, 2.05) is 31.2 Å². The van der Waals surface area contributed by atoms with Crippen LogP contribution in [0.15, 0.2) is 30.6 Å². The lowest BCUT2D eigenvalue weighted by molar-refractivity contribution is -0.306. The van der Waals surface area contributed by atoms with E-state index in [4.69, 9.17) is 0 Å². The highest BCUT2D eigenvalue weighted by atomic mass is 16.4. The van der Waals surface area contributed by atoms with Crippen LogP contribution < -0.4 is 10.4 Å². The normalized spacial score (nSPS) is 12.3. The Bertz CT molecular complexity index is 566. The average molecular weight is 258 g/mol. The number of aliphatic carboxylic acids is 1. The number of carboxylic acid groups (broad SMARTS) is 1. The van der Waals surface area contributed by atoms with Crippen molar-refractivity contribution in [2.45, 2.75) is 32.2 Å². The quantitative estimate of drug-likeness (QED) is 0.846. The Morgan fingerprint density at radius 2 is 2.16 bits per heavy atom. The number of hydrogen-bond acceptors (Lipinski definition) is 5. The van der Waals surface area contributed by atoms with Crippen molar-refractivity contribution >= 4 is 22.7 Å². The number of carbonyl (C=O) groups is 1. The lowest BCUT2D eigenvalue weighted by Crippen LogP contribution is -2.41. The van der Waals surface area contributed by atoms with Crippen LogP contribution in [0.25, 0.3) is 10.9 Å². The summed E-state index contributed by atoms with van der Waals surface area (Å²) in [5.41, 5.74) is 0.785. The van der Waals surface area contributed by atoms with Gasteiger partial charge in [0.1, 0.15) is 12.1 Å². The molecule has 19 heavy (non-hydrogen) atoms. The number of para-hydroxylation sites is 1. The molecule has 1 aromatic heterocycles. The van der Waals surface area contributed by atoms with Crippen LogP contribution in [0.1, 0.15) is 26.2 Å². The number of aromatic nitrogens is 2. The predicted octanol–water partition coefficient (Wildman–Crippen LogP) is 1.35. The van der Waals surface area contributed by atoms with Crippen molar-refractivity contribution in [2.75, 3.05) is 5.32 Å². The fraction of sp³-hybridized carbons (Fsp3) is 0.357. The summed E-state index contributed by atoms with van der Waals surface area (Å²) in [4.78, 5) is 19.4.